The normalized spacial score (nSPS) is 19.0. The van der Waals surface area contributed by atoms with Crippen LogP contribution in [0.4, 0.5) is 0 Å². The summed E-state index contributed by atoms with van der Waals surface area (Å²) in [5, 5.41) is 13.1. The summed E-state index contributed by atoms with van der Waals surface area (Å²) in [6.45, 7) is 5.10. The summed E-state index contributed by atoms with van der Waals surface area (Å²) < 4.78 is 5.36. The monoisotopic (exact) mass is 257 g/mol. The van der Waals surface area contributed by atoms with E-state index < -0.39 is 0 Å². The molecule has 3 nitrogen and oxygen atoms in total. The van der Waals surface area contributed by atoms with Gasteiger partial charge in [-0.15, -0.1) is 0 Å². The lowest BCUT2D eigenvalue weighted by atomic mass is 9.91. The van der Waals surface area contributed by atoms with E-state index >= 15 is 0 Å². The van der Waals surface area contributed by atoms with Crippen molar-refractivity contribution in [3.63, 3.8) is 0 Å². The molecule has 0 unspecified atom stereocenters. The molecule has 108 valence electrons. The minimum atomic E-state index is -0.0551. The van der Waals surface area contributed by atoms with Crippen molar-refractivity contribution in [3.8, 4) is 0 Å². The molecule has 3 heteroatoms. The summed E-state index contributed by atoms with van der Waals surface area (Å²) in [5.74, 6) is 0. The second kappa shape index (κ2) is 9.76. The number of aliphatic hydroxyl groups excluding tert-OH is 1. The van der Waals surface area contributed by atoms with Crippen molar-refractivity contribution in [3.05, 3.63) is 0 Å². The van der Waals surface area contributed by atoms with E-state index in [0.29, 0.717) is 0 Å². The number of unbranched alkanes of at least 4 members (excludes halogenated alkanes) is 6. The van der Waals surface area contributed by atoms with Crippen LogP contribution in [-0.4, -0.2) is 37.0 Å². The summed E-state index contributed by atoms with van der Waals surface area (Å²) in [4.78, 5) is 0. The number of rotatable bonds is 10. The minimum Gasteiger partial charge on any atom is -0.394 e. The van der Waals surface area contributed by atoms with E-state index in [9.17, 15) is 5.11 Å². The van der Waals surface area contributed by atoms with Gasteiger partial charge < -0.3 is 15.2 Å². The molecule has 1 aliphatic heterocycles. The molecule has 1 fully saturated rings. The average molecular weight is 257 g/mol. The minimum absolute atomic E-state index is 0.0551. The van der Waals surface area contributed by atoms with Gasteiger partial charge in [0.2, 0.25) is 0 Å². The van der Waals surface area contributed by atoms with Crippen LogP contribution >= 0.6 is 0 Å². The van der Waals surface area contributed by atoms with E-state index in [1.54, 1.807) is 0 Å². The van der Waals surface area contributed by atoms with E-state index in [0.717, 1.165) is 32.6 Å². The third-order valence-corrected chi connectivity index (χ3v) is 4.03. The third kappa shape index (κ3) is 6.17. The van der Waals surface area contributed by atoms with Crippen LogP contribution in [0.15, 0.2) is 0 Å². The molecule has 1 saturated heterocycles. The Labute approximate surface area is 112 Å². The molecule has 0 aliphatic carbocycles. The Hall–Kier alpha value is -0.120. The largest absolute Gasteiger partial charge is 0.394 e. The van der Waals surface area contributed by atoms with Crippen LogP contribution in [0.1, 0.15) is 64.7 Å². The van der Waals surface area contributed by atoms with Crippen molar-refractivity contribution in [2.24, 2.45) is 0 Å². The number of nitrogens with one attached hydrogen (secondary N) is 1. The third-order valence-electron chi connectivity index (χ3n) is 4.03. The zero-order valence-electron chi connectivity index (χ0n) is 12.0. The van der Waals surface area contributed by atoms with Gasteiger partial charge in [0.1, 0.15) is 0 Å². The van der Waals surface area contributed by atoms with Gasteiger partial charge in [-0.25, -0.2) is 0 Å². The van der Waals surface area contributed by atoms with Crippen LogP contribution in [0.2, 0.25) is 0 Å². The summed E-state index contributed by atoms with van der Waals surface area (Å²) in [6.07, 6.45) is 11.3. The Balaban J connectivity index is 1.98. The van der Waals surface area contributed by atoms with E-state index in [1.165, 1.54) is 44.9 Å². The second-order valence-corrected chi connectivity index (χ2v) is 5.60. The van der Waals surface area contributed by atoms with Gasteiger partial charge in [-0.3, -0.25) is 0 Å². The molecule has 0 aromatic rings. The SMILES string of the molecule is CCCCCCCCCNC1(CO)CCOCC1. The van der Waals surface area contributed by atoms with Gasteiger partial charge in [0.15, 0.2) is 0 Å². The lowest BCUT2D eigenvalue weighted by molar-refractivity contribution is 0.0120. The molecular formula is C15H31NO2. The molecule has 0 spiro atoms. The van der Waals surface area contributed by atoms with Crippen LogP contribution in [0.3, 0.4) is 0 Å². The van der Waals surface area contributed by atoms with Gasteiger partial charge in [-0.2, -0.15) is 0 Å². The first-order valence-electron chi connectivity index (χ1n) is 7.76. The zero-order valence-corrected chi connectivity index (χ0v) is 12.0. The maximum atomic E-state index is 9.52. The van der Waals surface area contributed by atoms with E-state index in [-0.39, 0.29) is 12.1 Å². The molecule has 0 bridgehead atoms. The Morgan fingerprint density at radius 1 is 1.00 bits per heavy atom. The molecule has 0 amide bonds. The average Bonchev–Trinajstić information content (AvgIpc) is 2.43. The molecule has 2 N–H and O–H groups in total. The molecule has 0 radical (unpaired) electrons. The van der Waals surface area contributed by atoms with Crippen LogP contribution in [0, 0.1) is 0 Å². The lowest BCUT2D eigenvalue weighted by Gasteiger charge is -2.36. The van der Waals surface area contributed by atoms with E-state index in [4.69, 9.17) is 4.74 Å². The predicted molar refractivity (Wildman–Crippen MR) is 75.9 cm³/mol. The fraction of sp³-hybridized carbons (Fsp3) is 1.00. The molecule has 0 atom stereocenters. The van der Waals surface area contributed by atoms with Gasteiger partial charge in [-0.1, -0.05) is 45.4 Å². The fourth-order valence-electron chi connectivity index (χ4n) is 2.59. The summed E-state index contributed by atoms with van der Waals surface area (Å²) in [5.41, 5.74) is -0.0551. The second-order valence-electron chi connectivity index (χ2n) is 5.60. The molecule has 1 aliphatic rings. The Morgan fingerprint density at radius 3 is 2.22 bits per heavy atom. The van der Waals surface area contributed by atoms with Crippen LogP contribution in [0.5, 0.6) is 0 Å². The number of ether oxygens (including phenoxy) is 1. The Bertz CT molecular complexity index is 191. The van der Waals surface area contributed by atoms with Crippen molar-refractivity contribution in [2.45, 2.75) is 70.3 Å². The number of aliphatic hydroxyl groups is 1. The first-order chi connectivity index (χ1) is 8.83. The molecule has 1 heterocycles. The van der Waals surface area contributed by atoms with Crippen LogP contribution in [-0.2, 0) is 4.74 Å². The number of hydrogen-bond acceptors (Lipinski definition) is 3. The van der Waals surface area contributed by atoms with Crippen molar-refractivity contribution in [1.29, 1.82) is 0 Å². The van der Waals surface area contributed by atoms with Gasteiger partial charge in [-0.05, 0) is 25.8 Å². The van der Waals surface area contributed by atoms with Crippen molar-refractivity contribution < 1.29 is 9.84 Å². The molecule has 1 rings (SSSR count). The smallest absolute Gasteiger partial charge is 0.0615 e. The molecule has 18 heavy (non-hydrogen) atoms. The number of hydrogen-bond donors (Lipinski definition) is 2. The maximum Gasteiger partial charge on any atom is 0.0615 e. The summed E-state index contributed by atoms with van der Waals surface area (Å²) in [7, 11) is 0. The van der Waals surface area contributed by atoms with Crippen LogP contribution in [0.25, 0.3) is 0 Å². The van der Waals surface area contributed by atoms with Gasteiger partial charge in [0.25, 0.3) is 0 Å². The Kier molecular flexibility index (Phi) is 8.64. The summed E-state index contributed by atoms with van der Waals surface area (Å²) >= 11 is 0. The quantitative estimate of drug-likeness (QED) is 0.591. The van der Waals surface area contributed by atoms with Gasteiger partial charge >= 0.3 is 0 Å². The molecular weight excluding hydrogens is 226 g/mol. The first-order valence-corrected chi connectivity index (χ1v) is 7.76. The van der Waals surface area contributed by atoms with Crippen molar-refractivity contribution in [2.75, 3.05) is 26.4 Å². The van der Waals surface area contributed by atoms with E-state index in [1.807, 2.05) is 0 Å². The molecule has 0 saturated carbocycles. The lowest BCUT2D eigenvalue weighted by Crippen LogP contribution is -2.52. The maximum absolute atomic E-state index is 9.52. The highest BCUT2D eigenvalue weighted by molar-refractivity contribution is 4.89. The van der Waals surface area contributed by atoms with E-state index in [2.05, 4.69) is 12.2 Å². The Morgan fingerprint density at radius 2 is 1.61 bits per heavy atom. The summed E-state index contributed by atoms with van der Waals surface area (Å²) in [6, 6.07) is 0. The zero-order chi connectivity index (χ0) is 13.1. The highest BCUT2D eigenvalue weighted by atomic mass is 16.5. The fourth-order valence-corrected chi connectivity index (χ4v) is 2.59. The van der Waals surface area contributed by atoms with Gasteiger partial charge in [0.05, 0.1) is 6.61 Å². The highest BCUT2D eigenvalue weighted by Crippen LogP contribution is 2.20. The highest BCUT2D eigenvalue weighted by Gasteiger charge is 2.30. The molecule has 0 aromatic heterocycles. The van der Waals surface area contributed by atoms with Crippen molar-refractivity contribution in [1.82, 2.24) is 5.32 Å². The first kappa shape index (κ1) is 15.9. The van der Waals surface area contributed by atoms with Crippen molar-refractivity contribution >= 4 is 0 Å². The topological polar surface area (TPSA) is 41.5 Å². The van der Waals surface area contributed by atoms with Crippen LogP contribution < -0.4 is 5.32 Å². The standard InChI is InChI=1S/C15H31NO2/c1-2-3-4-5-6-7-8-11-16-15(14-17)9-12-18-13-10-15/h16-17H,2-14H2,1H3. The molecule has 0 aromatic carbocycles. The predicted octanol–water partition coefficient (Wildman–Crippen LogP) is 2.87. The van der Waals surface area contributed by atoms with Gasteiger partial charge in [0, 0.05) is 18.8 Å².